The van der Waals surface area contributed by atoms with E-state index in [4.69, 9.17) is 29.3 Å². The maximum absolute atomic E-state index is 6.79. The largest absolute Gasteiger partial charge is 0.455 e. The van der Waals surface area contributed by atoms with Crippen LogP contribution in [0.1, 0.15) is 0 Å². The molecule has 0 aliphatic carbocycles. The Balaban J connectivity index is 1.11. The molecule has 0 aliphatic rings. The fourth-order valence-electron chi connectivity index (χ4n) is 8.55. The molecule has 0 radical (unpaired) electrons. The van der Waals surface area contributed by atoms with E-state index in [1.807, 2.05) is 121 Å². The van der Waals surface area contributed by atoms with Crippen molar-refractivity contribution >= 4 is 43.7 Å². The van der Waals surface area contributed by atoms with Crippen molar-refractivity contribution in [2.45, 2.75) is 0 Å². The molecular formula is C55H34N6O. The molecule has 0 saturated carbocycles. The summed E-state index contributed by atoms with van der Waals surface area (Å²) in [6.07, 6.45) is 0. The highest BCUT2D eigenvalue weighted by molar-refractivity contribution is 6.27. The molecule has 8 aromatic carbocycles. The van der Waals surface area contributed by atoms with E-state index < -0.39 is 0 Å². The molecule has 0 amide bonds. The van der Waals surface area contributed by atoms with Crippen LogP contribution in [-0.4, -0.2) is 29.5 Å². The van der Waals surface area contributed by atoms with E-state index in [0.29, 0.717) is 23.3 Å². The van der Waals surface area contributed by atoms with Gasteiger partial charge in [-0.25, -0.2) is 24.9 Å². The smallest absolute Gasteiger partial charge is 0.166 e. The van der Waals surface area contributed by atoms with Gasteiger partial charge in [0.15, 0.2) is 23.3 Å². The average molecular weight is 795 g/mol. The Kier molecular flexibility index (Phi) is 8.35. The molecule has 0 N–H and O–H groups in total. The second-order valence-corrected chi connectivity index (χ2v) is 15.3. The van der Waals surface area contributed by atoms with E-state index in [-0.39, 0.29) is 0 Å². The van der Waals surface area contributed by atoms with Crippen molar-refractivity contribution in [3.63, 3.8) is 0 Å². The van der Waals surface area contributed by atoms with Gasteiger partial charge in [-0.3, -0.25) is 0 Å². The highest BCUT2D eigenvalue weighted by atomic mass is 16.3. The number of aromatic nitrogens is 6. The van der Waals surface area contributed by atoms with Crippen molar-refractivity contribution in [1.29, 1.82) is 0 Å². The third-order valence-corrected chi connectivity index (χ3v) is 11.5. The van der Waals surface area contributed by atoms with Gasteiger partial charge in [-0.05, 0) is 36.4 Å². The lowest BCUT2D eigenvalue weighted by Gasteiger charge is -2.14. The first-order chi connectivity index (χ1) is 30.7. The lowest BCUT2D eigenvalue weighted by molar-refractivity contribution is 0.673. The van der Waals surface area contributed by atoms with Gasteiger partial charge in [0.1, 0.15) is 11.2 Å². The standard InChI is InChI=1S/C55H34N6O/c1-5-17-35(18-6-1)45-34-46(57-52(56-45)37-19-7-2-8-20-37)36-29-31-40(32-30-36)61-47-27-15-13-26-42(47)49-50(61)44(33-43-41-25-14-16-28-48(41)62-51(43)49)55-59-53(38-21-9-3-10-22-38)58-54(60-55)39-23-11-4-12-24-39/h1-34H. The molecule has 7 nitrogen and oxygen atoms in total. The first-order valence-corrected chi connectivity index (χ1v) is 20.6. The Hall–Kier alpha value is -8.55. The predicted octanol–water partition coefficient (Wildman–Crippen LogP) is 13.7. The molecule has 0 atom stereocenters. The molecule has 62 heavy (non-hydrogen) atoms. The Labute approximate surface area is 356 Å². The van der Waals surface area contributed by atoms with Gasteiger partial charge in [0.05, 0.1) is 27.8 Å². The SMILES string of the molecule is c1ccc(-c2cc(-c3ccc(-n4c5ccccc5c5c6oc7ccccc7c6cc(-c6nc(-c7ccccc7)nc(-c7ccccc7)n6)c54)cc3)nc(-c3ccccc3)n2)cc1. The van der Waals surface area contributed by atoms with Crippen LogP contribution in [0.25, 0.3) is 117 Å². The summed E-state index contributed by atoms with van der Waals surface area (Å²) >= 11 is 0. The van der Waals surface area contributed by atoms with Crippen molar-refractivity contribution in [1.82, 2.24) is 29.5 Å². The summed E-state index contributed by atoms with van der Waals surface area (Å²) in [5, 5.41) is 4.08. The van der Waals surface area contributed by atoms with E-state index in [2.05, 4.69) is 89.5 Å². The first-order valence-electron chi connectivity index (χ1n) is 20.6. The fourth-order valence-corrected chi connectivity index (χ4v) is 8.55. The van der Waals surface area contributed by atoms with Crippen LogP contribution in [0.4, 0.5) is 0 Å². The maximum Gasteiger partial charge on any atom is 0.166 e. The number of rotatable bonds is 7. The normalized spacial score (nSPS) is 11.5. The number of para-hydroxylation sites is 2. The van der Waals surface area contributed by atoms with Crippen LogP contribution in [-0.2, 0) is 0 Å². The average Bonchev–Trinajstić information content (AvgIpc) is 3.91. The van der Waals surface area contributed by atoms with E-state index in [1.54, 1.807) is 0 Å². The molecule has 290 valence electrons. The quantitative estimate of drug-likeness (QED) is 0.160. The van der Waals surface area contributed by atoms with E-state index in [1.165, 1.54) is 0 Å². The van der Waals surface area contributed by atoms with Crippen LogP contribution in [0.15, 0.2) is 211 Å². The van der Waals surface area contributed by atoms with Crippen LogP contribution in [0.3, 0.4) is 0 Å². The molecule has 0 spiro atoms. The molecule has 7 heteroatoms. The summed E-state index contributed by atoms with van der Waals surface area (Å²) in [4.78, 5) is 25.7. The molecular weight excluding hydrogens is 761 g/mol. The molecule has 0 bridgehead atoms. The Morgan fingerprint density at radius 1 is 0.355 bits per heavy atom. The summed E-state index contributed by atoms with van der Waals surface area (Å²) in [5.74, 6) is 2.44. The van der Waals surface area contributed by atoms with Crippen LogP contribution < -0.4 is 0 Å². The van der Waals surface area contributed by atoms with E-state index in [9.17, 15) is 0 Å². The molecule has 0 saturated heterocycles. The van der Waals surface area contributed by atoms with Gasteiger partial charge in [0.25, 0.3) is 0 Å². The molecule has 0 aliphatic heterocycles. The number of hydrogen-bond acceptors (Lipinski definition) is 6. The molecule has 12 rings (SSSR count). The Morgan fingerprint density at radius 2 is 0.823 bits per heavy atom. The minimum absolute atomic E-state index is 0.568. The summed E-state index contributed by atoms with van der Waals surface area (Å²) in [6, 6.07) is 70.2. The second-order valence-electron chi connectivity index (χ2n) is 15.3. The Bertz CT molecular complexity index is 3490. The minimum atomic E-state index is 0.568. The summed E-state index contributed by atoms with van der Waals surface area (Å²) < 4.78 is 9.11. The zero-order valence-corrected chi connectivity index (χ0v) is 33.2. The lowest BCUT2D eigenvalue weighted by Crippen LogP contribution is -2.02. The highest BCUT2D eigenvalue weighted by Gasteiger charge is 2.25. The highest BCUT2D eigenvalue weighted by Crippen LogP contribution is 2.45. The summed E-state index contributed by atoms with van der Waals surface area (Å²) in [5.41, 5.74) is 11.9. The van der Waals surface area contributed by atoms with Gasteiger partial charge >= 0.3 is 0 Å². The molecule has 12 aromatic rings. The molecule has 4 heterocycles. The van der Waals surface area contributed by atoms with Crippen molar-refractivity contribution in [2.24, 2.45) is 0 Å². The zero-order chi connectivity index (χ0) is 41.0. The molecule has 0 unspecified atom stereocenters. The number of fused-ring (bicyclic) bond motifs is 7. The summed E-state index contributed by atoms with van der Waals surface area (Å²) in [6.45, 7) is 0. The molecule has 0 fully saturated rings. The number of hydrogen-bond donors (Lipinski definition) is 0. The lowest BCUT2D eigenvalue weighted by atomic mass is 10.0. The van der Waals surface area contributed by atoms with Crippen LogP contribution in [0, 0.1) is 0 Å². The third-order valence-electron chi connectivity index (χ3n) is 11.5. The van der Waals surface area contributed by atoms with Crippen LogP contribution >= 0.6 is 0 Å². The first kappa shape index (κ1) is 35.4. The van der Waals surface area contributed by atoms with Crippen molar-refractivity contribution in [2.75, 3.05) is 0 Å². The van der Waals surface area contributed by atoms with Gasteiger partial charge in [0.2, 0.25) is 0 Å². The van der Waals surface area contributed by atoms with E-state index >= 15 is 0 Å². The van der Waals surface area contributed by atoms with E-state index in [0.717, 1.165) is 94.2 Å². The summed E-state index contributed by atoms with van der Waals surface area (Å²) in [7, 11) is 0. The van der Waals surface area contributed by atoms with Gasteiger partial charge < -0.3 is 8.98 Å². The zero-order valence-electron chi connectivity index (χ0n) is 33.2. The number of furan rings is 1. The predicted molar refractivity (Wildman–Crippen MR) is 250 cm³/mol. The van der Waals surface area contributed by atoms with Crippen molar-refractivity contribution in [3.05, 3.63) is 206 Å². The third kappa shape index (κ3) is 6.02. The van der Waals surface area contributed by atoms with Crippen molar-refractivity contribution < 1.29 is 4.42 Å². The second kappa shape index (κ2) is 14.6. The monoisotopic (exact) mass is 794 g/mol. The maximum atomic E-state index is 6.79. The van der Waals surface area contributed by atoms with Crippen LogP contribution in [0.2, 0.25) is 0 Å². The Morgan fingerprint density at radius 3 is 1.42 bits per heavy atom. The van der Waals surface area contributed by atoms with Crippen LogP contribution in [0.5, 0.6) is 0 Å². The fraction of sp³-hybridized carbons (Fsp3) is 0. The van der Waals surface area contributed by atoms with Gasteiger partial charge in [0, 0.05) is 55.2 Å². The number of nitrogens with zero attached hydrogens (tertiary/aromatic N) is 6. The van der Waals surface area contributed by atoms with Gasteiger partial charge in [-0.1, -0.05) is 170 Å². The van der Waals surface area contributed by atoms with Crippen molar-refractivity contribution in [3.8, 4) is 73.8 Å². The van der Waals surface area contributed by atoms with Gasteiger partial charge in [-0.2, -0.15) is 0 Å². The topological polar surface area (TPSA) is 82.5 Å². The minimum Gasteiger partial charge on any atom is -0.455 e. The number of benzene rings is 8. The van der Waals surface area contributed by atoms with Gasteiger partial charge in [-0.15, -0.1) is 0 Å². The molecule has 4 aromatic heterocycles.